The summed E-state index contributed by atoms with van der Waals surface area (Å²) in [5.41, 5.74) is 3.54. The molecule has 7 heteroatoms. The molecule has 3 aromatic rings. The van der Waals surface area contributed by atoms with Crippen LogP contribution in [0, 0.1) is 29.6 Å². The van der Waals surface area contributed by atoms with E-state index in [2.05, 4.69) is 14.6 Å². The fraction of sp³-hybridized carbons (Fsp3) is 0.382. The number of ketones is 1. The highest BCUT2D eigenvalue weighted by Gasteiger charge is 2.24. The van der Waals surface area contributed by atoms with Gasteiger partial charge in [0.1, 0.15) is 23.7 Å². The zero-order chi connectivity index (χ0) is 28.6. The molecule has 2 heterocycles. The molecule has 5 rings (SSSR count). The van der Waals surface area contributed by atoms with Crippen molar-refractivity contribution in [3.63, 3.8) is 0 Å². The predicted octanol–water partition coefficient (Wildman–Crippen LogP) is 6.78. The topological polar surface area (TPSA) is 60.9 Å². The average Bonchev–Trinajstić information content (AvgIpc) is 3.00. The number of benzene rings is 3. The molecule has 2 saturated heterocycles. The van der Waals surface area contributed by atoms with Crippen LogP contribution in [0.3, 0.4) is 0 Å². The molecule has 0 amide bonds. The van der Waals surface area contributed by atoms with Crippen LogP contribution in [-0.2, 0) is 13.1 Å². The summed E-state index contributed by atoms with van der Waals surface area (Å²) in [6.45, 7) is 12.3. The minimum Gasteiger partial charge on any atom is -0.490 e. The monoisotopic (exact) mass is 550 g/mol. The first-order valence-corrected chi connectivity index (χ1v) is 14.4. The second-order valence-corrected chi connectivity index (χ2v) is 11.2. The summed E-state index contributed by atoms with van der Waals surface area (Å²) in [7, 11) is 0. The van der Waals surface area contributed by atoms with Crippen LogP contribution in [0.25, 0.3) is 4.85 Å². The van der Waals surface area contributed by atoms with Crippen LogP contribution in [0.1, 0.15) is 59.2 Å². The van der Waals surface area contributed by atoms with Crippen molar-refractivity contribution in [3.05, 3.63) is 106 Å². The molecule has 0 N–H and O–H groups in total. The van der Waals surface area contributed by atoms with Gasteiger partial charge in [-0.3, -0.25) is 14.6 Å². The van der Waals surface area contributed by atoms with Crippen molar-refractivity contribution < 1.29 is 13.9 Å². The van der Waals surface area contributed by atoms with Crippen molar-refractivity contribution in [2.75, 3.05) is 26.2 Å². The van der Waals surface area contributed by atoms with E-state index in [-0.39, 0.29) is 17.5 Å². The van der Waals surface area contributed by atoms with Gasteiger partial charge in [-0.2, -0.15) is 5.26 Å². The van der Waals surface area contributed by atoms with Gasteiger partial charge in [0.25, 0.3) is 0 Å². The summed E-state index contributed by atoms with van der Waals surface area (Å²) in [6.07, 6.45) is 4.38. The van der Waals surface area contributed by atoms with Gasteiger partial charge in [-0.1, -0.05) is 42.5 Å². The first-order chi connectivity index (χ1) is 20.0. The van der Waals surface area contributed by atoms with Crippen molar-refractivity contribution in [2.24, 2.45) is 5.92 Å². The summed E-state index contributed by atoms with van der Waals surface area (Å²) in [5.74, 6) is 0.834. The van der Waals surface area contributed by atoms with E-state index in [9.17, 15) is 9.18 Å². The maximum Gasteiger partial charge on any atom is 0.187 e. The number of likely N-dealkylation sites (tertiary alicyclic amines) is 2. The molecule has 210 valence electrons. The molecule has 0 saturated carbocycles. The van der Waals surface area contributed by atoms with E-state index in [1.54, 1.807) is 0 Å². The first-order valence-electron chi connectivity index (χ1n) is 14.4. The molecule has 0 aromatic heterocycles. The molecular formula is C34H35FN4O2. The van der Waals surface area contributed by atoms with Crippen molar-refractivity contribution in [3.8, 4) is 11.8 Å². The molecule has 41 heavy (non-hydrogen) atoms. The van der Waals surface area contributed by atoms with Crippen LogP contribution in [0.2, 0.25) is 0 Å². The van der Waals surface area contributed by atoms with E-state index in [1.165, 1.54) is 17.7 Å². The SMILES string of the molecule is [C-]#[N+]c1ccc(CN2CCC(CC(=O)c3cccc(OC4CCN(Cc5ccc(C#N)c(F)c5)CC4)c3)CC2)cc1. The largest absolute Gasteiger partial charge is 0.490 e. The molecule has 6 nitrogen and oxygen atoms in total. The zero-order valence-corrected chi connectivity index (χ0v) is 23.3. The molecule has 0 spiro atoms. The van der Waals surface area contributed by atoms with Gasteiger partial charge in [0.2, 0.25) is 0 Å². The lowest BCUT2D eigenvalue weighted by Crippen LogP contribution is -2.37. The number of Topliss-reactive ketones (excluding diaryl/α,β-unsaturated/α-hetero) is 1. The zero-order valence-electron chi connectivity index (χ0n) is 23.3. The number of hydrogen-bond donors (Lipinski definition) is 0. The number of carbonyl (C=O) groups is 1. The van der Waals surface area contributed by atoms with Crippen molar-refractivity contribution in [1.82, 2.24) is 9.80 Å². The van der Waals surface area contributed by atoms with E-state index in [0.29, 0.717) is 30.1 Å². The van der Waals surface area contributed by atoms with Crippen LogP contribution in [-0.4, -0.2) is 47.9 Å². The van der Waals surface area contributed by atoms with Crippen LogP contribution in [0.5, 0.6) is 5.75 Å². The summed E-state index contributed by atoms with van der Waals surface area (Å²) in [6, 6.07) is 22.1. The molecule has 0 aliphatic carbocycles. The quantitative estimate of drug-likeness (QED) is 0.217. The number of nitrogens with zero attached hydrogens (tertiary/aromatic N) is 4. The summed E-state index contributed by atoms with van der Waals surface area (Å²) >= 11 is 0. The Morgan fingerprint density at radius 3 is 2.24 bits per heavy atom. The lowest BCUT2D eigenvalue weighted by Gasteiger charge is -2.32. The summed E-state index contributed by atoms with van der Waals surface area (Å²) < 4.78 is 20.2. The third kappa shape index (κ3) is 7.79. The van der Waals surface area contributed by atoms with E-state index in [4.69, 9.17) is 16.6 Å². The predicted molar refractivity (Wildman–Crippen MR) is 156 cm³/mol. The number of rotatable bonds is 9. The Labute approximate surface area is 241 Å². The van der Waals surface area contributed by atoms with Crippen LogP contribution in [0.4, 0.5) is 10.1 Å². The van der Waals surface area contributed by atoms with Crippen molar-refractivity contribution in [2.45, 2.75) is 51.3 Å². The summed E-state index contributed by atoms with van der Waals surface area (Å²) in [5, 5.41) is 8.92. The molecule has 2 aliphatic rings. The minimum atomic E-state index is -0.469. The van der Waals surface area contributed by atoms with Gasteiger partial charge in [0, 0.05) is 38.2 Å². The molecule has 0 unspecified atom stereocenters. The van der Waals surface area contributed by atoms with Gasteiger partial charge >= 0.3 is 0 Å². The minimum absolute atomic E-state index is 0.0730. The molecular weight excluding hydrogens is 515 g/mol. The third-order valence-electron chi connectivity index (χ3n) is 8.21. The molecule has 3 aromatic carbocycles. The lowest BCUT2D eigenvalue weighted by molar-refractivity contribution is 0.0915. The average molecular weight is 551 g/mol. The highest BCUT2D eigenvalue weighted by molar-refractivity contribution is 5.96. The maximum atomic E-state index is 13.9. The molecule has 0 atom stereocenters. The fourth-order valence-electron chi connectivity index (χ4n) is 5.79. The van der Waals surface area contributed by atoms with Crippen molar-refractivity contribution >= 4 is 11.5 Å². The van der Waals surface area contributed by atoms with Gasteiger partial charge in [-0.05, 0) is 80.1 Å². The van der Waals surface area contributed by atoms with Gasteiger partial charge in [0.05, 0.1) is 12.1 Å². The highest BCUT2D eigenvalue weighted by Crippen LogP contribution is 2.26. The van der Waals surface area contributed by atoms with Crippen LogP contribution >= 0.6 is 0 Å². The van der Waals surface area contributed by atoms with Gasteiger partial charge < -0.3 is 4.74 Å². The highest BCUT2D eigenvalue weighted by atomic mass is 19.1. The Hall–Kier alpha value is -4.04. The van der Waals surface area contributed by atoms with Crippen LogP contribution in [0.15, 0.2) is 66.7 Å². The maximum absolute atomic E-state index is 13.9. The summed E-state index contributed by atoms with van der Waals surface area (Å²) in [4.78, 5) is 21.3. The number of nitriles is 1. The van der Waals surface area contributed by atoms with Crippen molar-refractivity contribution in [1.29, 1.82) is 5.26 Å². The second kappa shape index (κ2) is 13.5. The normalized spacial score (nSPS) is 17.0. The van der Waals surface area contributed by atoms with Gasteiger partial charge in [0.15, 0.2) is 11.5 Å². The Balaban J connectivity index is 1.05. The number of halogens is 1. The van der Waals surface area contributed by atoms with E-state index >= 15 is 0 Å². The number of hydrogen-bond acceptors (Lipinski definition) is 5. The Morgan fingerprint density at radius 2 is 1.59 bits per heavy atom. The molecule has 2 aliphatic heterocycles. The number of piperidine rings is 2. The number of carbonyl (C=O) groups excluding carboxylic acids is 1. The molecule has 2 fully saturated rings. The van der Waals surface area contributed by atoms with Gasteiger partial charge in [-0.25, -0.2) is 9.24 Å². The Bertz CT molecular complexity index is 1430. The molecule has 0 bridgehead atoms. The third-order valence-corrected chi connectivity index (χ3v) is 8.21. The van der Waals surface area contributed by atoms with Crippen LogP contribution < -0.4 is 4.74 Å². The standard InChI is InChI=1S/C34H35FN4O2/c1-37-30-9-6-26(7-10-30)23-38-15-11-25(12-16-38)20-34(40)28-3-2-4-32(21-28)41-31-13-17-39(18-14-31)24-27-5-8-29(22-36)33(35)19-27/h2-10,19,21,25,31H,11-18,20,23-24H2. The van der Waals surface area contributed by atoms with E-state index < -0.39 is 5.82 Å². The smallest absolute Gasteiger partial charge is 0.187 e. The Morgan fingerprint density at radius 1 is 0.927 bits per heavy atom. The fourth-order valence-corrected chi connectivity index (χ4v) is 5.79. The van der Waals surface area contributed by atoms with Gasteiger partial charge in [-0.15, -0.1) is 0 Å². The molecule has 0 radical (unpaired) electrons. The second-order valence-electron chi connectivity index (χ2n) is 11.2. The number of ether oxygens (including phenoxy) is 1. The van der Waals surface area contributed by atoms with E-state index in [1.807, 2.05) is 60.7 Å². The van der Waals surface area contributed by atoms with E-state index in [0.717, 1.165) is 69.7 Å². The first kappa shape index (κ1) is 28.5. The Kier molecular flexibility index (Phi) is 9.41. The lowest BCUT2D eigenvalue weighted by atomic mass is 9.89.